The summed E-state index contributed by atoms with van der Waals surface area (Å²) in [6.07, 6.45) is 9.42. The molecular formula is C13H26N2. The molecule has 0 saturated heterocycles. The average molecular weight is 210 g/mol. The van der Waals surface area contributed by atoms with Crippen molar-refractivity contribution >= 4 is 0 Å². The van der Waals surface area contributed by atoms with Gasteiger partial charge < -0.3 is 10.6 Å². The van der Waals surface area contributed by atoms with Crippen LogP contribution in [0.3, 0.4) is 0 Å². The summed E-state index contributed by atoms with van der Waals surface area (Å²) in [4.78, 5) is 2.62. The minimum atomic E-state index is 0.466. The summed E-state index contributed by atoms with van der Waals surface area (Å²) in [7, 11) is 0. The summed E-state index contributed by atoms with van der Waals surface area (Å²) in [5.74, 6) is 0. The van der Waals surface area contributed by atoms with Gasteiger partial charge in [-0.15, -0.1) is 6.58 Å². The Hall–Kier alpha value is -0.340. The van der Waals surface area contributed by atoms with Crippen LogP contribution in [0.1, 0.15) is 45.4 Å². The molecule has 0 aromatic rings. The summed E-state index contributed by atoms with van der Waals surface area (Å²) >= 11 is 0. The molecule has 0 amide bonds. The smallest absolute Gasteiger partial charge is 0.00962 e. The normalized spacial score (nSPS) is 26.9. The lowest BCUT2D eigenvalue weighted by Gasteiger charge is -2.35. The monoisotopic (exact) mass is 210 g/mol. The van der Waals surface area contributed by atoms with Gasteiger partial charge in [0.1, 0.15) is 0 Å². The molecule has 1 fully saturated rings. The second-order valence-corrected chi connectivity index (χ2v) is 4.63. The molecule has 0 atom stereocenters. The Morgan fingerprint density at radius 3 is 2.53 bits per heavy atom. The van der Waals surface area contributed by atoms with Gasteiger partial charge in [0.05, 0.1) is 0 Å². The van der Waals surface area contributed by atoms with Crippen LogP contribution in [0.15, 0.2) is 12.7 Å². The Kier molecular flexibility index (Phi) is 5.96. The van der Waals surface area contributed by atoms with E-state index in [1.165, 1.54) is 45.2 Å². The molecule has 0 aromatic heterocycles. The van der Waals surface area contributed by atoms with Gasteiger partial charge in [-0.2, -0.15) is 0 Å². The SMILES string of the molecule is C=CCCCN(CC)C1CCC(N)CC1. The zero-order valence-electron chi connectivity index (χ0n) is 10.1. The summed E-state index contributed by atoms with van der Waals surface area (Å²) in [6.45, 7) is 8.44. The van der Waals surface area contributed by atoms with Crippen molar-refractivity contribution in [2.45, 2.75) is 57.5 Å². The maximum Gasteiger partial charge on any atom is 0.00962 e. The second kappa shape index (κ2) is 7.02. The highest BCUT2D eigenvalue weighted by Gasteiger charge is 2.22. The van der Waals surface area contributed by atoms with E-state index in [9.17, 15) is 0 Å². The molecule has 1 aliphatic carbocycles. The Bertz CT molecular complexity index is 171. The molecule has 15 heavy (non-hydrogen) atoms. The summed E-state index contributed by atoms with van der Waals surface area (Å²) < 4.78 is 0. The zero-order valence-corrected chi connectivity index (χ0v) is 10.1. The molecule has 1 aliphatic rings. The second-order valence-electron chi connectivity index (χ2n) is 4.63. The van der Waals surface area contributed by atoms with E-state index in [1.54, 1.807) is 0 Å². The first-order chi connectivity index (χ1) is 7.27. The van der Waals surface area contributed by atoms with E-state index in [-0.39, 0.29) is 0 Å². The fourth-order valence-electron chi connectivity index (χ4n) is 2.50. The van der Waals surface area contributed by atoms with Crippen molar-refractivity contribution in [3.63, 3.8) is 0 Å². The van der Waals surface area contributed by atoms with E-state index < -0.39 is 0 Å². The molecule has 0 bridgehead atoms. The van der Waals surface area contributed by atoms with Crippen molar-refractivity contribution in [1.82, 2.24) is 4.90 Å². The van der Waals surface area contributed by atoms with Crippen LogP contribution in [-0.4, -0.2) is 30.1 Å². The molecule has 0 heterocycles. The number of allylic oxidation sites excluding steroid dienone is 1. The number of unbranched alkanes of at least 4 members (excludes halogenated alkanes) is 1. The number of hydrogen-bond acceptors (Lipinski definition) is 2. The largest absolute Gasteiger partial charge is 0.328 e. The number of rotatable bonds is 6. The maximum absolute atomic E-state index is 5.93. The Morgan fingerprint density at radius 1 is 1.33 bits per heavy atom. The highest BCUT2D eigenvalue weighted by Crippen LogP contribution is 2.22. The minimum absolute atomic E-state index is 0.466. The van der Waals surface area contributed by atoms with Crippen molar-refractivity contribution < 1.29 is 0 Å². The summed E-state index contributed by atoms with van der Waals surface area (Å²) in [6, 6.07) is 1.26. The van der Waals surface area contributed by atoms with Gasteiger partial charge in [0.2, 0.25) is 0 Å². The van der Waals surface area contributed by atoms with Crippen molar-refractivity contribution in [2.24, 2.45) is 5.73 Å². The molecule has 88 valence electrons. The van der Waals surface area contributed by atoms with Gasteiger partial charge in [0.25, 0.3) is 0 Å². The van der Waals surface area contributed by atoms with E-state index >= 15 is 0 Å². The van der Waals surface area contributed by atoms with Crippen LogP contribution in [0.4, 0.5) is 0 Å². The van der Waals surface area contributed by atoms with E-state index in [0.29, 0.717) is 6.04 Å². The molecule has 2 nitrogen and oxygen atoms in total. The molecule has 0 aliphatic heterocycles. The Morgan fingerprint density at radius 2 is 2.00 bits per heavy atom. The zero-order chi connectivity index (χ0) is 11.1. The molecule has 0 unspecified atom stereocenters. The van der Waals surface area contributed by atoms with Crippen molar-refractivity contribution in [1.29, 1.82) is 0 Å². The van der Waals surface area contributed by atoms with Crippen LogP contribution < -0.4 is 5.73 Å². The predicted molar refractivity (Wildman–Crippen MR) is 66.9 cm³/mol. The summed E-state index contributed by atoms with van der Waals surface area (Å²) in [5.41, 5.74) is 5.93. The molecule has 2 N–H and O–H groups in total. The molecule has 1 saturated carbocycles. The lowest BCUT2D eigenvalue weighted by Crippen LogP contribution is -2.41. The third kappa shape index (κ3) is 4.35. The first-order valence-corrected chi connectivity index (χ1v) is 6.38. The molecule has 0 aromatic carbocycles. The Balaban J connectivity index is 2.27. The van der Waals surface area contributed by atoms with Crippen LogP contribution in [-0.2, 0) is 0 Å². The van der Waals surface area contributed by atoms with Gasteiger partial charge in [-0.3, -0.25) is 0 Å². The molecule has 0 radical (unpaired) electrons. The van der Waals surface area contributed by atoms with Crippen LogP contribution in [0.2, 0.25) is 0 Å². The number of hydrogen-bond donors (Lipinski definition) is 1. The fraction of sp³-hybridized carbons (Fsp3) is 0.846. The third-order valence-corrected chi connectivity index (χ3v) is 3.52. The standard InChI is InChI=1S/C13H26N2/c1-3-5-6-11-15(4-2)13-9-7-12(14)8-10-13/h3,12-13H,1,4-11,14H2,2H3. The third-order valence-electron chi connectivity index (χ3n) is 3.52. The van der Waals surface area contributed by atoms with E-state index in [1.807, 2.05) is 6.08 Å². The lowest BCUT2D eigenvalue weighted by molar-refractivity contribution is 0.155. The van der Waals surface area contributed by atoms with Gasteiger partial charge in [0, 0.05) is 12.1 Å². The van der Waals surface area contributed by atoms with Crippen LogP contribution in [0.25, 0.3) is 0 Å². The molecule has 2 heteroatoms. The van der Waals surface area contributed by atoms with Crippen LogP contribution in [0.5, 0.6) is 0 Å². The van der Waals surface area contributed by atoms with E-state index in [2.05, 4.69) is 18.4 Å². The highest BCUT2D eigenvalue weighted by atomic mass is 15.1. The number of nitrogens with two attached hydrogens (primary N) is 1. The molecule has 1 rings (SSSR count). The average Bonchev–Trinajstić information content (AvgIpc) is 2.26. The van der Waals surface area contributed by atoms with Crippen molar-refractivity contribution in [2.75, 3.05) is 13.1 Å². The van der Waals surface area contributed by atoms with Crippen molar-refractivity contribution in [3.8, 4) is 0 Å². The summed E-state index contributed by atoms with van der Waals surface area (Å²) in [5, 5.41) is 0. The lowest BCUT2D eigenvalue weighted by atomic mass is 9.90. The van der Waals surface area contributed by atoms with Gasteiger partial charge in [-0.1, -0.05) is 13.0 Å². The predicted octanol–water partition coefficient (Wildman–Crippen LogP) is 2.54. The van der Waals surface area contributed by atoms with Gasteiger partial charge in [-0.05, 0) is 51.6 Å². The fourth-order valence-corrected chi connectivity index (χ4v) is 2.50. The quantitative estimate of drug-likeness (QED) is 0.539. The maximum atomic E-state index is 5.93. The molecular weight excluding hydrogens is 184 g/mol. The first-order valence-electron chi connectivity index (χ1n) is 6.38. The Labute approximate surface area is 94.5 Å². The highest BCUT2D eigenvalue weighted by molar-refractivity contribution is 4.81. The van der Waals surface area contributed by atoms with Gasteiger partial charge in [0.15, 0.2) is 0 Å². The topological polar surface area (TPSA) is 29.3 Å². The van der Waals surface area contributed by atoms with Gasteiger partial charge >= 0.3 is 0 Å². The molecule has 0 spiro atoms. The van der Waals surface area contributed by atoms with Crippen molar-refractivity contribution in [3.05, 3.63) is 12.7 Å². The first kappa shape index (κ1) is 12.7. The van der Waals surface area contributed by atoms with E-state index in [4.69, 9.17) is 5.73 Å². The van der Waals surface area contributed by atoms with Crippen LogP contribution >= 0.6 is 0 Å². The minimum Gasteiger partial charge on any atom is -0.328 e. The van der Waals surface area contributed by atoms with Crippen LogP contribution in [0, 0.1) is 0 Å². The van der Waals surface area contributed by atoms with E-state index in [0.717, 1.165) is 12.5 Å². The number of nitrogens with zero attached hydrogens (tertiary/aromatic N) is 1. The van der Waals surface area contributed by atoms with Gasteiger partial charge in [-0.25, -0.2) is 0 Å².